The molecule has 0 bridgehead atoms. The van der Waals surface area contributed by atoms with Crippen molar-refractivity contribution >= 4 is 5.97 Å². The van der Waals surface area contributed by atoms with Crippen LogP contribution in [0.15, 0.2) is 54.6 Å². The molecular weight excluding hydrogens is 399 g/mol. The van der Waals surface area contributed by atoms with Gasteiger partial charge in [-0.1, -0.05) is 42.5 Å². The number of aliphatic hydroxyl groups excluding tert-OH is 2. The van der Waals surface area contributed by atoms with Crippen LogP contribution in [0.25, 0.3) is 0 Å². The van der Waals surface area contributed by atoms with E-state index in [1.807, 2.05) is 44.2 Å². The minimum Gasteiger partial charge on any atom is -0.490 e. The van der Waals surface area contributed by atoms with Gasteiger partial charge in [0.2, 0.25) is 0 Å². The highest BCUT2D eigenvalue weighted by Crippen LogP contribution is 2.37. The molecule has 0 aromatic heterocycles. The van der Waals surface area contributed by atoms with Gasteiger partial charge in [-0.25, -0.2) is 4.39 Å². The fourth-order valence-corrected chi connectivity index (χ4v) is 3.82. The molecule has 2 N–H and O–H groups in total. The summed E-state index contributed by atoms with van der Waals surface area (Å²) >= 11 is 0. The summed E-state index contributed by atoms with van der Waals surface area (Å²) in [5.41, 5.74) is 0. The monoisotopic (exact) mass is 434 g/mol. The molecule has 1 aromatic carbocycles. The minimum absolute atomic E-state index is 0.0987. The van der Waals surface area contributed by atoms with Gasteiger partial charge in [0.05, 0.1) is 18.3 Å². The lowest BCUT2D eigenvalue weighted by molar-refractivity contribution is -0.147. The number of esters is 1. The van der Waals surface area contributed by atoms with Crippen molar-refractivity contribution in [1.29, 1.82) is 0 Å². The van der Waals surface area contributed by atoms with Crippen molar-refractivity contribution in [2.45, 2.75) is 70.4 Å². The zero-order chi connectivity index (χ0) is 22.6. The Morgan fingerprint density at radius 3 is 2.58 bits per heavy atom. The average Bonchev–Trinajstić information content (AvgIpc) is 3.00. The molecule has 0 radical (unpaired) electrons. The van der Waals surface area contributed by atoms with Crippen LogP contribution < -0.4 is 4.74 Å². The minimum atomic E-state index is -1.30. The third-order valence-electron chi connectivity index (χ3n) is 5.33. The summed E-state index contributed by atoms with van der Waals surface area (Å²) < 4.78 is 24.7. The van der Waals surface area contributed by atoms with Gasteiger partial charge in [0.1, 0.15) is 12.4 Å². The average molecular weight is 435 g/mol. The second kappa shape index (κ2) is 13.3. The Labute approximate surface area is 184 Å². The zero-order valence-electron chi connectivity index (χ0n) is 18.4. The fraction of sp³-hybridized carbons (Fsp3) is 0.560. The first kappa shape index (κ1) is 25.1. The Morgan fingerprint density at radius 2 is 1.87 bits per heavy atom. The van der Waals surface area contributed by atoms with Crippen molar-refractivity contribution in [2.24, 2.45) is 11.8 Å². The Kier molecular flexibility index (Phi) is 10.7. The highest BCUT2D eigenvalue weighted by Gasteiger charge is 2.39. The quantitative estimate of drug-likeness (QED) is 0.377. The first-order valence-electron chi connectivity index (χ1n) is 11.1. The molecule has 5 atom stereocenters. The van der Waals surface area contributed by atoms with E-state index in [1.54, 1.807) is 18.2 Å². The normalized spacial score (nSPS) is 24.8. The number of ether oxygens (including phenoxy) is 2. The molecule has 0 unspecified atom stereocenters. The first-order chi connectivity index (χ1) is 14.9. The summed E-state index contributed by atoms with van der Waals surface area (Å²) in [5, 5.41) is 20.6. The molecule has 1 fully saturated rings. The number of benzene rings is 1. The Bertz CT molecular complexity index is 703. The van der Waals surface area contributed by atoms with E-state index in [0.29, 0.717) is 37.9 Å². The summed E-state index contributed by atoms with van der Waals surface area (Å²) in [7, 11) is 0. The number of hydrogen-bond acceptors (Lipinski definition) is 5. The first-order valence-corrected chi connectivity index (χ1v) is 11.1. The van der Waals surface area contributed by atoms with Gasteiger partial charge < -0.3 is 19.7 Å². The number of hydrogen-bond donors (Lipinski definition) is 2. The molecule has 1 aliphatic rings. The molecule has 2 rings (SSSR count). The van der Waals surface area contributed by atoms with E-state index in [-0.39, 0.29) is 30.5 Å². The molecule has 0 amide bonds. The molecule has 31 heavy (non-hydrogen) atoms. The molecular formula is C25H35FO5. The highest BCUT2D eigenvalue weighted by molar-refractivity contribution is 5.69. The van der Waals surface area contributed by atoms with Crippen molar-refractivity contribution in [3.63, 3.8) is 0 Å². The Hall–Kier alpha value is -2.18. The summed E-state index contributed by atoms with van der Waals surface area (Å²) in [6.07, 6.45) is 6.94. The summed E-state index contributed by atoms with van der Waals surface area (Å²) in [5.74, 6) is -0.0309. The van der Waals surface area contributed by atoms with Crippen molar-refractivity contribution in [1.82, 2.24) is 0 Å². The number of para-hydroxylation sites is 1. The molecule has 0 saturated heterocycles. The molecule has 1 aliphatic carbocycles. The van der Waals surface area contributed by atoms with E-state index in [1.165, 1.54) is 6.08 Å². The van der Waals surface area contributed by atoms with Gasteiger partial charge in [-0.05, 0) is 51.2 Å². The van der Waals surface area contributed by atoms with Gasteiger partial charge in [-0.3, -0.25) is 4.79 Å². The van der Waals surface area contributed by atoms with E-state index in [0.717, 1.165) is 0 Å². The van der Waals surface area contributed by atoms with E-state index in [2.05, 4.69) is 0 Å². The second-order valence-corrected chi connectivity index (χ2v) is 8.26. The van der Waals surface area contributed by atoms with Gasteiger partial charge in [0, 0.05) is 18.8 Å². The van der Waals surface area contributed by atoms with E-state index in [9.17, 15) is 19.4 Å². The van der Waals surface area contributed by atoms with Crippen LogP contribution in [0, 0.1) is 11.8 Å². The maximum absolute atomic E-state index is 14.2. The predicted octanol–water partition coefficient (Wildman–Crippen LogP) is 4.39. The molecule has 0 spiro atoms. The van der Waals surface area contributed by atoms with Crippen LogP contribution in [0.5, 0.6) is 5.75 Å². The molecule has 1 aromatic rings. The lowest BCUT2D eigenvalue weighted by atomic mass is 9.88. The Morgan fingerprint density at radius 1 is 1.16 bits per heavy atom. The van der Waals surface area contributed by atoms with Gasteiger partial charge in [-0.15, -0.1) is 0 Å². The second-order valence-electron chi connectivity index (χ2n) is 8.26. The van der Waals surface area contributed by atoms with E-state index >= 15 is 0 Å². The summed E-state index contributed by atoms with van der Waals surface area (Å²) in [4.78, 5) is 11.5. The number of allylic oxidation sites excluding steroid dienone is 2. The predicted molar refractivity (Wildman–Crippen MR) is 118 cm³/mol. The molecule has 6 heteroatoms. The number of halogens is 1. The number of carbonyl (C=O) groups is 1. The fourth-order valence-electron chi connectivity index (χ4n) is 3.82. The molecule has 1 saturated carbocycles. The van der Waals surface area contributed by atoms with Gasteiger partial charge in [0.25, 0.3) is 0 Å². The molecule has 5 nitrogen and oxygen atoms in total. The lowest BCUT2D eigenvalue weighted by Crippen LogP contribution is -2.21. The highest BCUT2D eigenvalue weighted by atomic mass is 19.1. The van der Waals surface area contributed by atoms with Crippen molar-refractivity contribution in [2.75, 3.05) is 6.61 Å². The van der Waals surface area contributed by atoms with Crippen LogP contribution in [0.4, 0.5) is 4.39 Å². The van der Waals surface area contributed by atoms with E-state index < -0.39 is 18.4 Å². The van der Waals surface area contributed by atoms with Crippen molar-refractivity contribution in [3.05, 3.63) is 54.6 Å². The van der Waals surface area contributed by atoms with Crippen LogP contribution in [0.3, 0.4) is 0 Å². The van der Waals surface area contributed by atoms with Crippen LogP contribution in [-0.2, 0) is 9.53 Å². The molecule has 172 valence electrons. The van der Waals surface area contributed by atoms with Gasteiger partial charge in [0.15, 0.2) is 6.17 Å². The lowest BCUT2D eigenvalue weighted by Gasteiger charge is -2.20. The molecule has 0 heterocycles. The number of rotatable bonds is 12. The molecule has 0 aliphatic heterocycles. The topological polar surface area (TPSA) is 76.0 Å². The largest absolute Gasteiger partial charge is 0.490 e. The standard InChI is InChI=1S/C25H35FO5/c1-18(2)31-25(29)13-9-4-3-8-12-21-22(24(28)16-23(21)27)15-14-19(26)17-30-20-10-6-5-7-11-20/h3-7,10-11,14-15,18-19,21-24,27-28H,8-9,12-13,16-17H2,1-2H3/t19-,21+,22+,23-,24+/m0/s1. The van der Waals surface area contributed by atoms with Crippen molar-refractivity contribution < 1.29 is 28.9 Å². The van der Waals surface area contributed by atoms with Gasteiger partial charge >= 0.3 is 5.97 Å². The summed E-state index contributed by atoms with van der Waals surface area (Å²) in [6, 6.07) is 9.05. The van der Waals surface area contributed by atoms with Crippen LogP contribution in [-0.4, -0.2) is 47.3 Å². The maximum atomic E-state index is 14.2. The number of aliphatic hydroxyl groups is 2. The maximum Gasteiger partial charge on any atom is 0.306 e. The number of carbonyl (C=O) groups excluding carboxylic acids is 1. The van der Waals surface area contributed by atoms with Gasteiger partial charge in [-0.2, -0.15) is 0 Å². The SMILES string of the molecule is CC(C)OC(=O)CCC=CCC[C@@H]1[C@@H](C=C[C@H](F)COc2ccccc2)[C@H](O)C[C@@H]1O. The smallest absolute Gasteiger partial charge is 0.306 e. The van der Waals surface area contributed by atoms with Crippen molar-refractivity contribution in [3.8, 4) is 5.75 Å². The zero-order valence-corrected chi connectivity index (χ0v) is 18.4. The van der Waals surface area contributed by atoms with Crippen LogP contribution in [0.2, 0.25) is 0 Å². The third-order valence-corrected chi connectivity index (χ3v) is 5.33. The third kappa shape index (κ3) is 9.23. The Balaban J connectivity index is 1.76. The van der Waals surface area contributed by atoms with E-state index in [4.69, 9.17) is 9.47 Å². The van der Waals surface area contributed by atoms with Crippen LogP contribution in [0.1, 0.15) is 46.0 Å². The summed E-state index contributed by atoms with van der Waals surface area (Å²) in [6.45, 7) is 3.54. The number of alkyl halides is 1. The van der Waals surface area contributed by atoms with Crippen LogP contribution >= 0.6 is 0 Å².